The van der Waals surface area contributed by atoms with Gasteiger partial charge in [-0.3, -0.25) is 0 Å². The van der Waals surface area contributed by atoms with Crippen molar-refractivity contribution in [2.45, 2.75) is 13.0 Å². The van der Waals surface area contributed by atoms with E-state index in [1.165, 1.54) is 12.4 Å². The predicted molar refractivity (Wildman–Crippen MR) is 64.0 cm³/mol. The van der Waals surface area contributed by atoms with Gasteiger partial charge in [0, 0.05) is 12.1 Å². The highest BCUT2D eigenvalue weighted by Gasteiger charge is 2.09. The average Bonchev–Trinajstić information content (AvgIpc) is 2.35. The number of fused-ring (bicyclic) bond motifs is 1. The summed E-state index contributed by atoms with van der Waals surface area (Å²) < 4.78 is 0. The molecule has 1 aromatic heterocycles. The Balaban J connectivity index is 2.55. The third-order valence-corrected chi connectivity index (χ3v) is 2.45. The summed E-state index contributed by atoms with van der Waals surface area (Å²) in [4.78, 5) is 19.1. The highest BCUT2D eigenvalue weighted by Crippen LogP contribution is 2.23. The molecule has 6 heteroatoms. The molecule has 0 aliphatic rings. The predicted octanol–water partition coefficient (Wildman–Crippen LogP) is -0.214. The van der Waals surface area contributed by atoms with E-state index in [1.807, 2.05) is 0 Å². The highest BCUT2D eigenvalue weighted by molar-refractivity contribution is 6.06. The van der Waals surface area contributed by atoms with Gasteiger partial charge in [-0.15, -0.1) is 0 Å². The molecular weight excluding hydrogens is 234 g/mol. The molecule has 94 valence electrons. The smallest absolute Gasteiger partial charge is 0.138 e. The van der Waals surface area contributed by atoms with Crippen molar-refractivity contribution in [3.8, 4) is 0 Å². The first kappa shape index (κ1) is 12.3. The van der Waals surface area contributed by atoms with Gasteiger partial charge in [-0.2, -0.15) is 0 Å². The molecular formula is C12H12N3O3-. The van der Waals surface area contributed by atoms with Crippen molar-refractivity contribution in [1.82, 2.24) is 9.97 Å². The maximum Gasteiger partial charge on any atom is 0.138 e. The number of carbonyl (C=O) groups is 1. The molecule has 18 heavy (non-hydrogen) atoms. The van der Waals surface area contributed by atoms with E-state index in [9.17, 15) is 15.0 Å². The van der Waals surface area contributed by atoms with E-state index in [2.05, 4.69) is 15.3 Å². The minimum atomic E-state index is -1.28. The SMILES string of the molecule is C[C@@H](O)CNc1ncnc2cccc(C(=O)[O-])c12. The number of aliphatic hydroxyl groups excluding tert-OH is 1. The minimum Gasteiger partial charge on any atom is -0.545 e. The highest BCUT2D eigenvalue weighted by atomic mass is 16.4. The molecule has 1 atom stereocenters. The summed E-state index contributed by atoms with van der Waals surface area (Å²) in [6.45, 7) is 1.89. The first-order valence-electron chi connectivity index (χ1n) is 5.46. The van der Waals surface area contributed by atoms with Crippen LogP contribution >= 0.6 is 0 Å². The zero-order chi connectivity index (χ0) is 13.1. The lowest BCUT2D eigenvalue weighted by molar-refractivity contribution is -0.254. The van der Waals surface area contributed by atoms with E-state index in [1.54, 1.807) is 19.1 Å². The van der Waals surface area contributed by atoms with E-state index < -0.39 is 12.1 Å². The number of aromatic nitrogens is 2. The molecule has 2 N–H and O–H groups in total. The van der Waals surface area contributed by atoms with Crippen LogP contribution < -0.4 is 10.4 Å². The Morgan fingerprint density at radius 1 is 1.50 bits per heavy atom. The standard InChI is InChI=1S/C12H13N3O3/c1-7(16)5-13-11-10-8(12(17)18)3-2-4-9(10)14-6-15-11/h2-4,6-7,16H,5H2,1H3,(H,17,18)(H,13,14,15)/p-1/t7-/m1/s1. The third kappa shape index (κ3) is 2.38. The number of aromatic carboxylic acids is 1. The Morgan fingerprint density at radius 2 is 2.28 bits per heavy atom. The Labute approximate surface area is 103 Å². The number of carboxylic acids is 1. The summed E-state index contributed by atoms with van der Waals surface area (Å²) in [5, 5.41) is 23.6. The molecule has 1 heterocycles. The second-order valence-corrected chi connectivity index (χ2v) is 3.94. The maximum atomic E-state index is 11.1. The van der Waals surface area contributed by atoms with Gasteiger partial charge in [-0.25, -0.2) is 9.97 Å². The van der Waals surface area contributed by atoms with E-state index in [0.717, 1.165) is 0 Å². The molecule has 0 aliphatic carbocycles. The van der Waals surface area contributed by atoms with Crippen molar-refractivity contribution in [3.63, 3.8) is 0 Å². The summed E-state index contributed by atoms with van der Waals surface area (Å²) in [6.07, 6.45) is 0.774. The first-order valence-corrected chi connectivity index (χ1v) is 5.46. The average molecular weight is 246 g/mol. The molecule has 1 aromatic carbocycles. The third-order valence-electron chi connectivity index (χ3n) is 2.45. The number of hydrogen-bond donors (Lipinski definition) is 2. The fourth-order valence-electron chi connectivity index (χ4n) is 1.66. The lowest BCUT2D eigenvalue weighted by Gasteiger charge is -2.13. The van der Waals surface area contributed by atoms with E-state index in [0.29, 0.717) is 16.7 Å². The second kappa shape index (κ2) is 4.97. The monoisotopic (exact) mass is 246 g/mol. The molecule has 0 unspecified atom stereocenters. The van der Waals surface area contributed by atoms with Crippen LogP contribution in [0.3, 0.4) is 0 Å². The number of carbonyl (C=O) groups excluding carboxylic acids is 1. The van der Waals surface area contributed by atoms with Crippen LogP contribution in [-0.4, -0.2) is 33.7 Å². The summed E-state index contributed by atoms with van der Waals surface area (Å²) in [6, 6.07) is 4.73. The summed E-state index contributed by atoms with van der Waals surface area (Å²) in [5.74, 6) is -0.906. The van der Waals surface area contributed by atoms with Crippen LogP contribution in [0, 0.1) is 0 Å². The Morgan fingerprint density at radius 3 is 2.94 bits per heavy atom. The molecule has 0 aliphatic heterocycles. The van der Waals surface area contributed by atoms with Crippen molar-refractivity contribution in [3.05, 3.63) is 30.1 Å². The number of rotatable bonds is 4. The van der Waals surface area contributed by atoms with Gasteiger partial charge in [0.1, 0.15) is 12.1 Å². The van der Waals surface area contributed by atoms with Crippen LogP contribution in [-0.2, 0) is 0 Å². The molecule has 0 amide bonds. The van der Waals surface area contributed by atoms with Crippen molar-refractivity contribution in [2.75, 3.05) is 11.9 Å². The number of carboxylic acid groups (broad SMARTS) is 1. The molecule has 6 nitrogen and oxygen atoms in total. The quantitative estimate of drug-likeness (QED) is 0.774. The van der Waals surface area contributed by atoms with Gasteiger partial charge in [0.25, 0.3) is 0 Å². The Bertz CT molecular complexity index is 579. The number of hydrogen-bond acceptors (Lipinski definition) is 6. The molecule has 0 bridgehead atoms. The molecule has 0 fully saturated rings. The molecule has 2 aromatic rings. The van der Waals surface area contributed by atoms with Gasteiger partial charge in [0.15, 0.2) is 0 Å². The van der Waals surface area contributed by atoms with Crippen molar-refractivity contribution < 1.29 is 15.0 Å². The number of nitrogens with zero attached hydrogens (tertiary/aromatic N) is 2. The van der Waals surface area contributed by atoms with Crippen molar-refractivity contribution in [1.29, 1.82) is 0 Å². The van der Waals surface area contributed by atoms with Crippen LogP contribution in [0.4, 0.5) is 5.82 Å². The van der Waals surface area contributed by atoms with Crippen LogP contribution in [0.25, 0.3) is 10.9 Å². The zero-order valence-electron chi connectivity index (χ0n) is 9.75. The van der Waals surface area contributed by atoms with Gasteiger partial charge in [0.2, 0.25) is 0 Å². The number of aliphatic hydroxyl groups is 1. The van der Waals surface area contributed by atoms with Gasteiger partial charge in [-0.05, 0) is 13.0 Å². The molecule has 0 radical (unpaired) electrons. The topological polar surface area (TPSA) is 98.2 Å². The number of benzene rings is 1. The van der Waals surface area contributed by atoms with Gasteiger partial charge >= 0.3 is 0 Å². The van der Waals surface area contributed by atoms with Gasteiger partial charge < -0.3 is 20.3 Å². The molecule has 2 rings (SSSR count). The zero-order valence-corrected chi connectivity index (χ0v) is 9.75. The lowest BCUT2D eigenvalue weighted by atomic mass is 10.1. The Kier molecular flexibility index (Phi) is 3.38. The first-order chi connectivity index (χ1) is 8.59. The van der Waals surface area contributed by atoms with Crippen LogP contribution in [0.2, 0.25) is 0 Å². The van der Waals surface area contributed by atoms with Gasteiger partial charge in [0.05, 0.1) is 23.0 Å². The van der Waals surface area contributed by atoms with Crippen molar-refractivity contribution in [2.24, 2.45) is 0 Å². The van der Waals surface area contributed by atoms with E-state index in [-0.39, 0.29) is 12.1 Å². The van der Waals surface area contributed by atoms with Gasteiger partial charge in [-0.1, -0.05) is 12.1 Å². The fraction of sp³-hybridized carbons (Fsp3) is 0.250. The molecule has 0 spiro atoms. The summed E-state index contributed by atoms with van der Waals surface area (Å²) in [5.41, 5.74) is 0.543. The van der Waals surface area contributed by atoms with Crippen LogP contribution in [0.15, 0.2) is 24.5 Å². The summed E-state index contributed by atoms with van der Waals surface area (Å²) >= 11 is 0. The maximum absolute atomic E-state index is 11.1. The van der Waals surface area contributed by atoms with Crippen LogP contribution in [0.5, 0.6) is 0 Å². The fourth-order valence-corrected chi connectivity index (χ4v) is 1.66. The number of anilines is 1. The summed E-state index contributed by atoms with van der Waals surface area (Å²) in [7, 11) is 0. The number of nitrogens with one attached hydrogen (secondary N) is 1. The second-order valence-electron chi connectivity index (χ2n) is 3.94. The van der Waals surface area contributed by atoms with Crippen LogP contribution in [0.1, 0.15) is 17.3 Å². The Hall–Kier alpha value is -2.21. The van der Waals surface area contributed by atoms with E-state index in [4.69, 9.17) is 0 Å². The lowest BCUT2D eigenvalue weighted by Crippen LogP contribution is -2.23. The van der Waals surface area contributed by atoms with E-state index >= 15 is 0 Å². The molecule has 0 saturated carbocycles. The molecule has 0 saturated heterocycles. The van der Waals surface area contributed by atoms with Crippen molar-refractivity contribution >= 4 is 22.7 Å². The normalized spacial score (nSPS) is 12.3. The minimum absolute atomic E-state index is 0.0289. The largest absolute Gasteiger partial charge is 0.545 e.